The first-order chi connectivity index (χ1) is 8.58. The van der Waals surface area contributed by atoms with Crippen molar-refractivity contribution in [2.75, 3.05) is 12.4 Å². The number of hydrogen-bond acceptors (Lipinski definition) is 5. The second-order valence-corrected chi connectivity index (χ2v) is 4.93. The van der Waals surface area contributed by atoms with E-state index in [0.717, 1.165) is 16.0 Å². The van der Waals surface area contributed by atoms with Gasteiger partial charge in [-0.25, -0.2) is 4.98 Å². The highest BCUT2D eigenvalue weighted by atomic mass is 32.1. The number of carbonyl (C=O) groups excluding carboxylic acids is 1. The number of fused-ring (bicyclic) bond motifs is 1. The summed E-state index contributed by atoms with van der Waals surface area (Å²) in [6.07, 6.45) is 0. The third-order valence-corrected chi connectivity index (χ3v) is 3.24. The van der Waals surface area contributed by atoms with Crippen LogP contribution in [0, 0.1) is 0 Å². The number of benzene rings is 1. The van der Waals surface area contributed by atoms with E-state index in [1.165, 1.54) is 18.3 Å². The lowest BCUT2D eigenvalue weighted by Crippen LogP contribution is -2.32. The molecule has 0 spiro atoms. The predicted octanol–water partition coefficient (Wildman–Crippen LogP) is 2.14. The summed E-state index contributed by atoms with van der Waals surface area (Å²) in [5.41, 5.74) is 0.855. The summed E-state index contributed by atoms with van der Waals surface area (Å²) < 4.78 is 6.13. The fourth-order valence-corrected chi connectivity index (χ4v) is 2.58. The van der Waals surface area contributed by atoms with Gasteiger partial charge < -0.3 is 15.4 Å². The quantitative estimate of drug-likeness (QED) is 0.826. The van der Waals surface area contributed by atoms with Crippen molar-refractivity contribution in [1.29, 1.82) is 0 Å². The first-order valence-corrected chi connectivity index (χ1v) is 6.34. The Kier molecular flexibility index (Phi) is 3.73. The van der Waals surface area contributed by atoms with E-state index < -0.39 is 0 Å². The Balaban J connectivity index is 2.19. The average Bonchev–Trinajstić information content (AvgIpc) is 2.68. The third-order valence-electron chi connectivity index (χ3n) is 2.11. The second-order valence-electron chi connectivity index (χ2n) is 3.49. The molecule has 0 aliphatic rings. The molecule has 5 nitrogen and oxygen atoms in total. The Morgan fingerprint density at radius 3 is 2.94 bits per heavy atom. The number of thiocarbonyl (C=S) groups is 1. The maximum atomic E-state index is 10.8. The molecular formula is C11H11N3O2S2. The lowest BCUT2D eigenvalue weighted by Gasteiger charge is -2.03. The van der Waals surface area contributed by atoms with Crippen LogP contribution < -0.4 is 15.4 Å². The number of hydrogen-bond donors (Lipinski definition) is 2. The molecule has 0 atom stereocenters. The molecule has 2 N–H and O–H groups in total. The molecule has 0 saturated carbocycles. The molecule has 0 aliphatic carbocycles. The van der Waals surface area contributed by atoms with Crippen molar-refractivity contribution >= 4 is 49.9 Å². The Hall–Kier alpha value is -1.73. The highest BCUT2D eigenvalue weighted by Crippen LogP contribution is 2.28. The van der Waals surface area contributed by atoms with Gasteiger partial charge in [0.25, 0.3) is 0 Å². The third kappa shape index (κ3) is 2.93. The highest BCUT2D eigenvalue weighted by molar-refractivity contribution is 7.80. The molecule has 0 radical (unpaired) electrons. The normalized spacial score (nSPS) is 10.1. The van der Waals surface area contributed by atoms with Crippen LogP contribution in [0.2, 0.25) is 0 Å². The van der Waals surface area contributed by atoms with Gasteiger partial charge in [-0.3, -0.25) is 4.79 Å². The maximum absolute atomic E-state index is 10.8. The number of nitrogens with zero attached hydrogens (tertiary/aromatic N) is 1. The van der Waals surface area contributed by atoms with Gasteiger partial charge in [0.15, 0.2) is 10.2 Å². The van der Waals surface area contributed by atoms with E-state index in [-0.39, 0.29) is 11.0 Å². The molecule has 1 amide bonds. The minimum absolute atomic E-state index is 0.213. The van der Waals surface area contributed by atoms with E-state index in [9.17, 15) is 4.79 Å². The van der Waals surface area contributed by atoms with Crippen LogP contribution in [0.3, 0.4) is 0 Å². The largest absolute Gasteiger partial charge is 0.497 e. The van der Waals surface area contributed by atoms with E-state index in [4.69, 9.17) is 17.0 Å². The first kappa shape index (κ1) is 12.7. The number of anilines is 1. The standard InChI is InChI=1S/C11H11N3O2S2/c1-6(15)12-10(17)14-11-13-8-4-3-7(16-2)5-9(8)18-11/h3-5H,1-2H3,(H2,12,13,14,15,17). The van der Waals surface area contributed by atoms with E-state index >= 15 is 0 Å². The van der Waals surface area contributed by atoms with Crippen LogP contribution in [0.15, 0.2) is 18.2 Å². The van der Waals surface area contributed by atoms with Crippen molar-refractivity contribution in [2.24, 2.45) is 0 Å². The molecule has 0 aliphatic heterocycles. The first-order valence-electron chi connectivity index (χ1n) is 5.11. The van der Waals surface area contributed by atoms with Crippen LogP contribution in [-0.2, 0) is 4.79 Å². The summed E-state index contributed by atoms with van der Waals surface area (Å²) in [4.78, 5) is 15.2. The van der Waals surface area contributed by atoms with Gasteiger partial charge in [-0.15, -0.1) is 0 Å². The summed E-state index contributed by atoms with van der Waals surface area (Å²) in [5.74, 6) is 0.567. The molecule has 18 heavy (non-hydrogen) atoms. The van der Waals surface area contributed by atoms with Gasteiger partial charge in [0.2, 0.25) is 5.91 Å². The fraction of sp³-hybridized carbons (Fsp3) is 0.182. The monoisotopic (exact) mass is 281 g/mol. The molecule has 0 saturated heterocycles. The van der Waals surface area contributed by atoms with Crippen molar-refractivity contribution in [3.8, 4) is 5.75 Å². The molecule has 2 rings (SSSR count). The second kappa shape index (κ2) is 5.28. The Labute approximate surface area is 113 Å². The maximum Gasteiger partial charge on any atom is 0.222 e. The number of rotatable bonds is 2. The topological polar surface area (TPSA) is 63.2 Å². The van der Waals surface area contributed by atoms with Gasteiger partial charge in [0.1, 0.15) is 5.75 Å². The fourth-order valence-electron chi connectivity index (χ4n) is 1.37. The lowest BCUT2D eigenvalue weighted by molar-refractivity contribution is -0.117. The SMILES string of the molecule is COc1ccc2nc(NC(=S)NC(C)=O)sc2c1. The number of nitrogens with one attached hydrogen (secondary N) is 2. The summed E-state index contributed by atoms with van der Waals surface area (Å²) in [5, 5.41) is 6.23. The van der Waals surface area contributed by atoms with Crippen LogP contribution in [-0.4, -0.2) is 23.1 Å². The molecule has 1 aromatic heterocycles. The van der Waals surface area contributed by atoms with Gasteiger partial charge in [0.05, 0.1) is 17.3 Å². The molecule has 1 aromatic carbocycles. The minimum Gasteiger partial charge on any atom is -0.497 e. The van der Waals surface area contributed by atoms with Crippen molar-refractivity contribution in [3.63, 3.8) is 0 Å². The minimum atomic E-state index is -0.213. The number of thiazole rings is 1. The summed E-state index contributed by atoms with van der Waals surface area (Å²) in [7, 11) is 1.62. The number of amides is 1. The van der Waals surface area contributed by atoms with E-state index in [2.05, 4.69) is 15.6 Å². The van der Waals surface area contributed by atoms with Crippen LogP contribution in [0.1, 0.15) is 6.92 Å². The van der Waals surface area contributed by atoms with E-state index in [0.29, 0.717) is 5.13 Å². The Bertz CT molecular complexity index is 609. The van der Waals surface area contributed by atoms with E-state index in [1.54, 1.807) is 7.11 Å². The lowest BCUT2D eigenvalue weighted by atomic mass is 10.3. The van der Waals surface area contributed by atoms with Crippen molar-refractivity contribution in [3.05, 3.63) is 18.2 Å². The summed E-state index contributed by atoms with van der Waals surface area (Å²) in [6.45, 7) is 1.40. The molecular weight excluding hydrogens is 270 g/mol. The Morgan fingerprint density at radius 1 is 1.50 bits per heavy atom. The molecule has 94 valence electrons. The smallest absolute Gasteiger partial charge is 0.222 e. The molecule has 0 unspecified atom stereocenters. The summed E-state index contributed by atoms with van der Waals surface area (Å²) >= 11 is 6.41. The molecule has 0 fully saturated rings. The molecule has 7 heteroatoms. The molecule has 1 heterocycles. The number of carbonyl (C=O) groups is 1. The zero-order chi connectivity index (χ0) is 13.1. The Morgan fingerprint density at radius 2 is 2.28 bits per heavy atom. The summed E-state index contributed by atoms with van der Waals surface area (Å²) in [6, 6.07) is 5.62. The van der Waals surface area contributed by atoms with Crippen LogP contribution in [0.25, 0.3) is 10.2 Å². The van der Waals surface area contributed by atoms with Crippen LogP contribution in [0.4, 0.5) is 5.13 Å². The average molecular weight is 281 g/mol. The van der Waals surface area contributed by atoms with Gasteiger partial charge in [0, 0.05) is 6.92 Å². The highest BCUT2D eigenvalue weighted by Gasteiger charge is 2.07. The van der Waals surface area contributed by atoms with Gasteiger partial charge in [-0.2, -0.15) is 0 Å². The van der Waals surface area contributed by atoms with Gasteiger partial charge >= 0.3 is 0 Å². The molecule has 2 aromatic rings. The molecule has 0 bridgehead atoms. The predicted molar refractivity (Wildman–Crippen MR) is 76.2 cm³/mol. The van der Waals surface area contributed by atoms with Crippen molar-refractivity contribution < 1.29 is 9.53 Å². The van der Waals surface area contributed by atoms with Gasteiger partial charge in [-0.05, 0) is 30.4 Å². The zero-order valence-electron chi connectivity index (χ0n) is 9.81. The van der Waals surface area contributed by atoms with Crippen LogP contribution >= 0.6 is 23.6 Å². The van der Waals surface area contributed by atoms with Crippen molar-refractivity contribution in [2.45, 2.75) is 6.92 Å². The van der Waals surface area contributed by atoms with Crippen LogP contribution in [0.5, 0.6) is 5.75 Å². The number of ether oxygens (including phenoxy) is 1. The van der Waals surface area contributed by atoms with Gasteiger partial charge in [-0.1, -0.05) is 11.3 Å². The van der Waals surface area contributed by atoms with E-state index in [1.807, 2.05) is 18.2 Å². The number of aromatic nitrogens is 1. The zero-order valence-corrected chi connectivity index (χ0v) is 11.4. The van der Waals surface area contributed by atoms with Crippen molar-refractivity contribution in [1.82, 2.24) is 10.3 Å². The number of methoxy groups -OCH3 is 1.